The fourth-order valence-corrected chi connectivity index (χ4v) is 1.54. The fourth-order valence-electron chi connectivity index (χ4n) is 1.54. The lowest BCUT2D eigenvalue weighted by molar-refractivity contribution is 0.0728. The van der Waals surface area contributed by atoms with Gasteiger partial charge in [-0.25, -0.2) is 0 Å². The maximum Gasteiger partial charge on any atom is 0.258 e. The van der Waals surface area contributed by atoms with Crippen molar-refractivity contribution >= 4 is 5.91 Å². The summed E-state index contributed by atoms with van der Waals surface area (Å²) in [5, 5.41) is 18.4. The van der Waals surface area contributed by atoms with Gasteiger partial charge in [0.05, 0.1) is 11.6 Å². The Labute approximate surface area is 101 Å². The average molecular weight is 232 g/mol. The van der Waals surface area contributed by atoms with E-state index >= 15 is 0 Å². The molecule has 0 aliphatic heterocycles. The van der Waals surface area contributed by atoms with Crippen molar-refractivity contribution in [1.82, 2.24) is 4.90 Å². The summed E-state index contributed by atoms with van der Waals surface area (Å²) in [6, 6.07) is 6.73. The third kappa shape index (κ3) is 2.97. The van der Waals surface area contributed by atoms with Crippen LogP contribution in [0.5, 0.6) is 5.75 Å². The number of rotatable bonds is 3. The van der Waals surface area contributed by atoms with Crippen molar-refractivity contribution in [2.75, 3.05) is 6.54 Å². The van der Waals surface area contributed by atoms with Gasteiger partial charge in [0.2, 0.25) is 0 Å². The van der Waals surface area contributed by atoms with Gasteiger partial charge in [0.15, 0.2) is 0 Å². The molecule has 0 bridgehead atoms. The molecule has 1 aromatic rings. The molecular formula is C13H16N2O2. The van der Waals surface area contributed by atoms with E-state index in [9.17, 15) is 9.90 Å². The van der Waals surface area contributed by atoms with Gasteiger partial charge in [-0.2, -0.15) is 5.26 Å². The molecule has 0 saturated heterocycles. The minimum absolute atomic E-state index is 0.0177. The lowest BCUT2D eigenvalue weighted by Gasteiger charge is -2.24. The summed E-state index contributed by atoms with van der Waals surface area (Å²) in [5.74, 6) is -0.369. The summed E-state index contributed by atoms with van der Waals surface area (Å²) in [4.78, 5) is 13.6. The number of hydrogen-bond donors (Lipinski definition) is 1. The Bertz CT molecular complexity index is 461. The maximum atomic E-state index is 12.2. The highest BCUT2D eigenvalue weighted by molar-refractivity contribution is 5.97. The van der Waals surface area contributed by atoms with Gasteiger partial charge in [-0.15, -0.1) is 0 Å². The third-order valence-electron chi connectivity index (χ3n) is 2.51. The molecule has 1 rings (SSSR count). The van der Waals surface area contributed by atoms with Crippen LogP contribution in [-0.4, -0.2) is 28.5 Å². The first-order valence-corrected chi connectivity index (χ1v) is 5.45. The number of aromatic hydroxyl groups is 1. The quantitative estimate of drug-likeness (QED) is 0.811. The standard InChI is InChI=1S/C13H16N2O2/c1-9(2)15(7-6-14)13(17)11-8-10(3)4-5-12(11)16/h4-5,8-9,16H,7H2,1-3H3. The number of hydrogen-bond acceptors (Lipinski definition) is 3. The molecule has 0 heterocycles. The second-order valence-corrected chi connectivity index (χ2v) is 4.21. The molecule has 1 amide bonds. The van der Waals surface area contributed by atoms with Gasteiger partial charge >= 0.3 is 0 Å². The highest BCUT2D eigenvalue weighted by Crippen LogP contribution is 2.20. The molecule has 0 radical (unpaired) electrons. The van der Waals surface area contributed by atoms with Crippen LogP contribution in [0.3, 0.4) is 0 Å². The number of carbonyl (C=O) groups is 1. The van der Waals surface area contributed by atoms with Crippen molar-refractivity contribution in [1.29, 1.82) is 5.26 Å². The van der Waals surface area contributed by atoms with Crippen LogP contribution in [0.15, 0.2) is 18.2 Å². The first-order chi connectivity index (χ1) is 7.97. The van der Waals surface area contributed by atoms with Crippen LogP contribution in [-0.2, 0) is 0 Å². The summed E-state index contributed by atoms with van der Waals surface area (Å²) < 4.78 is 0. The molecule has 17 heavy (non-hydrogen) atoms. The molecule has 0 spiro atoms. The largest absolute Gasteiger partial charge is 0.507 e. The molecule has 0 atom stereocenters. The topological polar surface area (TPSA) is 64.3 Å². The summed E-state index contributed by atoms with van der Waals surface area (Å²) in [6.07, 6.45) is 0. The number of amides is 1. The normalized spacial score (nSPS) is 10.1. The van der Waals surface area contributed by atoms with Crippen molar-refractivity contribution in [3.05, 3.63) is 29.3 Å². The smallest absolute Gasteiger partial charge is 0.258 e. The van der Waals surface area contributed by atoms with Crippen LogP contribution >= 0.6 is 0 Å². The van der Waals surface area contributed by atoms with E-state index in [2.05, 4.69) is 0 Å². The average Bonchev–Trinajstić information content (AvgIpc) is 2.28. The lowest BCUT2D eigenvalue weighted by Crippen LogP contribution is -2.37. The van der Waals surface area contributed by atoms with Gasteiger partial charge in [0.25, 0.3) is 5.91 Å². The molecule has 0 saturated carbocycles. The van der Waals surface area contributed by atoms with E-state index < -0.39 is 0 Å². The van der Waals surface area contributed by atoms with Crippen LogP contribution < -0.4 is 0 Å². The van der Waals surface area contributed by atoms with E-state index in [1.807, 2.05) is 26.8 Å². The molecule has 0 aliphatic rings. The van der Waals surface area contributed by atoms with Crippen molar-refractivity contribution in [3.8, 4) is 11.8 Å². The van der Waals surface area contributed by atoms with E-state index in [4.69, 9.17) is 5.26 Å². The molecular weight excluding hydrogens is 216 g/mol. The zero-order valence-corrected chi connectivity index (χ0v) is 10.3. The highest BCUT2D eigenvalue weighted by Gasteiger charge is 2.21. The Hall–Kier alpha value is -2.02. The summed E-state index contributed by atoms with van der Waals surface area (Å²) in [5.41, 5.74) is 1.14. The van der Waals surface area contributed by atoms with Gasteiger partial charge in [0, 0.05) is 6.04 Å². The molecule has 0 fully saturated rings. The van der Waals surface area contributed by atoms with Crippen molar-refractivity contribution in [2.45, 2.75) is 26.8 Å². The Balaban J connectivity index is 3.10. The Morgan fingerprint density at radius 3 is 2.71 bits per heavy atom. The Morgan fingerprint density at radius 2 is 2.18 bits per heavy atom. The SMILES string of the molecule is Cc1ccc(O)c(C(=O)N(CC#N)C(C)C)c1. The van der Waals surface area contributed by atoms with Gasteiger partial charge in [-0.1, -0.05) is 11.6 Å². The number of nitriles is 1. The predicted molar refractivity (Wildman–Crippen MR) is 64.6 cm³/mol. The first-order valence-electron chi connectivity index (χ1n) is 5.45. The molecule has 1 aromatic carbocycles. The van der Waals surface area contributed by atoms with E-state index in [0.717, 1.165) is 5.56 Å². The highest BCUT2D eigenvalue weighted by atomic mass is 16.3. The molecule has 4 heteroatoms. The minimum Gasteiger partial charge on any atom is -0.507 e. The number of carbonyl (C=O) groups excluding carboxylic acids is 1. The van der Waals surface area contributed by atoms with E-state index in [0.29, 0.717) is 0 Å². The van der Waals surface area contributed by atoms with Crippen LogP contribution in [0.4, 0.5) is 0 Å². The maximum absolute atomic E-state index is 12.2. The second-order valence-electron chi connectivity index (χ2n) is 4.21. The zero-order valence-electron chi connectivity index (χ0n) is 10.3. The number of phenolic OH excluding ortho intramolecular Hbond substituents is 1. The second kappa shape index (κ2) is 5.35. The van der Waals surface area contributed by atoms with Crippen LogP contribution in [0, 0.1) is 18.3 Å². The Morgan fingerprint density at radius 1 is 1.53 bits per heavy atom. The number of phenols is 1. The summed E-state index contributed by atoms with van der Waals surface area (Å²) in [7, 11) is 0. The summed E-state index contributed by atoms with van der Waals surface area (Å²) in [6.45, 7) is 5.54. The van der Waals surface area contributed by atoms with Crippen LogP contribution in [0.25, 0.3) is 0 Å². The van der Waals surface area contributed by atoms with E-state index in [-0.39, 0.29) is 29.8 Å². The number of benzene rings is 1. The first kappa shape index (κ1) is 13.0. The minimum atomic E-state index is -0.317. The van der Waals surface area contributed by atoms with E-state index in [1.165, 1.54) is 11.0 Å². The molecule has 0 aromatic heterocycles. The lowest BCUT2D eigenvalue weighted by atomic mass is 10.1. The van der Waals surface area contributed by atoms with E-state index in [1.54, 1.807) is 12.1 Å². The van der Waals surface area contributed by atoms with Crippen molar-refractivity contribution in [3.63, 3.8) is 0 Å². The van der Waals surface area contributed by atoms with Crippen molar-refractivity contribution in [2.24, 2.45) is 0 Å². The molecule has 90 valence electrons. The monoisotopic (exact) mass is 232 g/mol. The molecule has 0 unspecified atom stereocenters. The van der Waals surface area contributed by atoms with Gasteiger partial charge in [-0.3, -0.25) is 4.79 Å². The zero-order chi connectivity index (χ0) is 13.0. The van der Waals surface area contributed by atoms with Gasteiger partial charge < -0.3 is 10.0 Å². The number of aryl methyl sites for hydroxylation is 1. The predicted octanol–water partition coefficient (Wildman–Crippen LogP) is 2.07. The van der Waals surface area contributed by atoms with Gasteiger partial charge in [-0.05, 0) is 32.9 Å². The molecule has 4 nitrogen and oxygen atoms in total. The summed E-state index contributed by atoms with van der Waals surface area (Å²) >= 11 is 0. The van der Waals surface area contributed by atoms with Gasteiger partial charge in [0.1, 0.15) is 12.3 Å². The Kier molecular flexibility index (Phi) is 4.11. The molecule has 1 N–H and O–H groups in total. The number of nitrogens with zero attached hydrogens (tertiary/aromatic N) is 2. The third-order valence-corrected chi connectivity index (χ3v) is 2.51. The van der Waals surface area contributed by atoms with Crippen molar-refractivity contribution < 1.29 is 9.90 Å². The van der Waals surface area contributed by atoms with Crippen LogP contribution in [0.2, 0.25) is 0 Å². The fraction of sp³-hybridized carbons (Fsp3) is 0.385. The van der Waals surface area contributed by atoms with Crippen LogP contribution in [0.1, 0.15) is 29.8 Å². The molecule has 0 aliphatic carbocycles.